The van der Waals surface area contributed by atoms with Crippen LogP contribution in [0.3, 0.4) is 0 Å². The number of hydrogen-bond acceptors (Lipinski definition) is 3. The lowest BCUT2D eigenvalue weighted by Gasteiger charge is -2.25. The van der Waals surface area contributed by atoms with E-state index < -0.39 is 0 Å². The van der Waals surface area contributed by atoms with Crippen LogP contribution < -0.4 is 0 Å². The maximum absolute atomic E-state index is 13.7. The number of aryl methyl sites for hydroxylation is 1. The molecule has 1 aliphatic heterocycles. The maximum Gasteiger partial charge on any atom is 0.257 e. The van der Waals surface area contributed by atoms with E-state index in [0.29, 0.717) is 13.0 Å². The molecule has 27 heavy (non-hydrogen) atoms. The molecule has 0 N–H and O–H groups in total. The van der Waals surface area contributed by atoms with Crippen molar-refractivity contribution in [3.05, 3.63) is 71.0 Å². The van der Waals surface area contributed by atoms with E-state index >= 15 is 0 Å². The lowest BCUT2D eigenvalue weighted by Crippen LogP contribution is -2.38. The normalized spacial score (nSPS) is 16.7. The fourth-order valence-electron chi connectivity index (χ4n) is 3.34. The molecule has 2 aromatic rings. The second-order valence-corrected chi connectivity index (χ2v) is 6.89. The molecule has 0 aliphatic carbocycles. The van der Waals surface area contributed by atoms with Crippen molar-refractivity contribution in [2.24, 2.45) is 5.10 Å². The predicted molar refractivity (Wildman–Crippen MR) is 106 cm³/mol. The Bertz CT molecular complexity index is 828. The van der Waals surface area contributed by atoms with Crippen molar-refractivity contribution in [2.75, 3.05) is 19.6 Å². The Hall–Kier alpha value is -2.53. The van der Waals surface area contributed by atoms with Crippen LogP contribution >= 0.6 is 0 Å². The van der Waals surface area contributed by atoms with Crippen LogP contribution in [-0.4, -0.2) is 41.2 Å². The molecular weight excluding hydrogens is 341 g/mol. The van der Waals surface area contributed by atoms with Crippen molar-refractivity contribution in [2.45, 2.75) is 33.2 Å². The molecule has 5 heteroatoms. The SMILES string of the molecule is CCN(CC)CC(=O)N1N=C(c2cccc(F)c2)CC1c1ccc(C)cc1. The number of carbonyl (C=O) groups is 1. The van der Waals surface area contributed by atoms with Gasteiger partial charge in [0.1, 0.15) is 5.82 Å². The summed E-state index contributed by atoms with van der Waals surface area (Å²) in [4.78, 5) is 15.0. The Balaban J connectivity index is 1.92. The van der Waals surface area contributed by atoms with Gasteiger partial charge in [0.05, 0.1) is 18.3 Å². The minimum atomic E-state index is -0.296. The second kappa shape index (κ2) is 8.44. The molecule has 1 aliphatic rings. The zero-order valence-electron chi connectivity index (χ0n) is 16.2. The van der Waals surface area contributed by atoms with Crippen molar-refractivity contribution < 1.29 is 9.18 Å². The molecule has 3 rings (SSSR count). The summed E-state index contributed by atoms with van der Waals surface area (Å²) in [6.45, 7) is 8.07. The fraction of sp³-hybridized carbons (Fsp3) is 0.364. The van der Waals surface area contributed by atoms with Crippen LogP contribution in [0.2, 0.25) is 0 Å². The highest BCUT2D eigenvalue weighted by molar-refractivity contribution is 6.03. The third kappa shape index (κ3) is 4.42. The van der Waals surface area contributed by atoms with Gasteiger partial charge in [-0.1, -0.05) is 55.8 Å². The number of halogens is 1. The molecule has 0 bridgehead atoms. The first-order valence-corrected chi connectivity index (χ1v) is 9.46. The number of nitrogens with zero attached hydrogens (tertiary/aromatic N) is 3. The smallest absolute Gasteiger partial charge is 0.257 e. The third-order valence-corrected chi connectivity index (χ3v) is 5.04. The van der Waals surface area contributed by atoms with Gasteiger partial charge in [-0.05, 0) is 37.7 Å². The number of hydrazone groups is 1. The highest BCUT2D eigenvalue weighted by Crippen LogP contribution is 2.33. The van der Waals surface area contributed by atoms with Gasteiger partial charge < -0.3 is 0 Å². The van der Waals surface area contributed by atoms with Crippen LogP contribution in [0.1, 0.15) is 43.0 Å². The molecule has 0 radical (unpaired) electrons. The second-order valence-electron chi connectivity index (χ2n) is 6.89. The van der Waals surface area contributed by atoms with Crippen LogP contribution in [0, 0.1) is 12.7 Å². The van der Waals surface area contributed by atoms with Gasteiger partial charge in [0.15, 0.2) is 0 Å². The van der Waals surface area contributed by atoms with Crippen molar-refractivity contribution in [1.82, 2.24) is 9.91 Å². The van der Waals surface area contributed by atoms with Crippen molar-refractivity contribution in [3.63, 3.8) is 0 Å². The number of hydrogen-bond donors (Lipinski definition) is 0. The summed E-state index contributed by atoms with van der Waals surface area (Å²) in [6.07, 6.45) is 0.580. The highest BCUT2D eigenvalue weighted by atomic mass is 19.1. The Kier molecular flexibility index (Phi) is 6.01. The summed E-state index contributed by atoms with van der Waals surface area (Å²) < 4.78 is 13.7. The molecule has 1 heterocycles. The van der Waals surface area contributed by atoms with Crippen molar-refractivity contribution in [3.8, 4) is 0 Å². The summed E-state index contributed by atoms with van der Waals surface area (Å²) in [6, 6.07) is 14.4. The molecule has 4 nitrogen and oxygen atoms in total. The van der Waals surface area contributed by atoms with Crippen LogP contribution in [0.4, 0.5) is 4.39 Å². The molecule has 0 aromatic heterocycles. The van der Waals surface area contributed by atoms with Gasteiger partial charge in [-0.2, -0.15) is 5.10 Å². The number of rotatable bonds is 6. The molecule has 2 aromatic carbocycles. The Labute approximate surface area is 160 Å². The minimum Gasteiger partial charge on any atom is -0.295 e. The van der Waals surface area contributed by atoms with Gasteiger partial charge in [0.25, 0.3) is 5.91 Å². The van der Waals surface area contributed by atoms with Crippen LogP contribution in [0.5, 0.6) is 0 Å². The molecule has 1 unspecified atom stereocenters. The topological polar surface area (TPSA) is 35.9 Å². The van der Waals surface area contributed by atoms with Gasteiger partial charge in [-0.15, -0.1) is 0 Å². The number of carbonyl (C=O) groups excluding carboxylic acids is 1. The number of amides is 1. The molecule has 0 fully saturated rings. The van der Waals surface area contributed by atoms with Gasteiger partial charge in [0, 0.05) is 12.0 Å². The summed E-state index contributed by atoms with van der Waals surface area (Å²) in [7, 11) is 0. The third-order valence-electron chi connectivity index (χ3n) is 5.04. The molecular formula is C22H26FN3O. The lowest BCUT2D eigenvalue weighted by atomic mass is 9.97. The minimum absolute atomic E-state index is 0.0318. The van der Waals surface area contributed by atoms with E-state index in [1.165, 1.54) is 17.7 Å². The number of likely N-dealkylation sites (N-methyl/N-ethyl adjacent to an activating group) is 1. The summed E-state index contributed by atoms with van der Waals surface area (Å²) in [5.41, 5.74) is 3.69. The van der Waals surface area contributed by atoms with E-state index in [-0.39, 0.29) is 17.8 Å². The molecule has 1 amide bonds. The maximum atomic E-state index is 13.7. The molecule has 142 valence electrons. The Morgan fingerprint density at radius 1 is 1.19 bits per heavy atom. The van der Waals surface area contributed by atoms with Crippen LogP contribution in [0.25, 0.3) is 0 Å². The standard InChI is InChI=1S/C22H26FN3O/c1-4-25(5-2)15-22(27)26-21(17-11-9-16(3)10-12-17)14-20(24-26)18-7-6-8-19(23)13-18/h6-13,21H,4-5,14-15H2,1-3H3. The van der Waals surface area contributed by atoms with Crippen molar-refractivity contribution >= 4 is 11.6 Å². The van der Waals surface area contributed by atoms with Crippen LogP contribution in [-0.2, 0) is 4.79 Å². The van der Waals surface area contributed by atoms with Crippen LogP contribution in [0.15, 0.2) is 53.6 Å². The average molecular weight is 367 g/mol. The quantitative estimate of drug-likeness (QED) is 0.769. The van der Waals surface area contributed by atoms with Gasteiger partial charge >= 0.3 is 0 Å². The zero-order chi connectivity index (χ0) is 19.4. The molecule has 0 saturated carbocycles. The largest absolute Gasteiger partial charge is 0.295 e. The average Bonchev–Trinajstić information content (AvgIpc) is 3.12. The van der Waals surface area contributed by atoms with E-state index in [9.17, 15) is 9.18 Å². The molecule has 1 atom stereocenters. The van der Waals surface area contributed by atoms with Gasteiger partial charge in [0.2, 0.25) is 0 Å². The van der Waals surface area contributed by atoms with E-state index in [1.54, 1.807) is 11.1 Å². The number of benzene rings is 2. The van der Waals surface area contributed by atoms with E-state index in [1.807, 2.05) is 51.1 Å². The van der Waals surface area contributed by atoms with Gasteiger partial charge in [-0.3, -0.25) is 9.69 Å². The summed E-state index contributed by atoms with van der Waals surface area (Å²) in [5.74, 6) is -0.328. The predicted octanol–water partition coefficient (Wildman–Crippen LogP) is 4.15. The molecule has 0 saturated heterocycles. The Morgan fingerprint density at radius 3 is 2.52 bits per heavy atom. The summed E-state index contributed by atoms with van der Waals surface area (Å²) in [5, 5.41) is 6.19. The van der Waals surface area contributed by atoms with Crippen molar-refractivity contribution in [1.29, 1.82) is 0 Å². The zero-order valence-corrected chi connectivity index (χ0v) is 16.2. The van der Waals surface area contributed by atoms with Gasteiger partial charge in [-0.25, -0.2) is 9.40 Å². The first kappa shape index (κ1) is 19.2. The Morgan fingerprint density at radius 2 is 1.89 bits per heavy atom. The first-order valence-electron chi connectivity index (χ1n) is 9.46. The fourth-order valence-corrected chi connectivity index (χ4v) is 3.34. The van der Waals surface area contributed by atoms with E-state index in [4.69, 9.17) is 0 Å². The monoisotopic (exact) mass is 367 g/mol. The van der Waals surface area contributed by atoms with E-state index in [0.717, 1.165) is 29.9 Å². The van der Waals surface area contributed by atoms with E-state index in [2.05, 4.69) is 10.0 Å². The highest BCUT2D eigenvalue weighted by Gasteiger charge is 2.33. The lowest BCUT2D eigenvalue weighted by molar-refractivity contribution is -0.134. The summed E-state index contributed by atoms with van der Waals surface area (Å²) >= 11 is 0. The molecule has 0 spiro atoms. The first-order chi connectivity index (χ1) is 13.0.